The van der Waals surface area contributed by atoms with Crippen molar-refractivity contribution in [1.29, 1.82) is 0 Å². The number of hydrogen-bond acceptors (Lipinski definition) is 5. The molecule has 0 fully saturated rings. The largest absolute Gasteiger partial charge is 0.492 e. The molecule has 0 aliphatic rings. The van der Waals surface area contributed by atoms with E-state index in [4.69, 9.17) is 0 Å². The molecular weight excluding hydrogens is 329 g/mol. The molecular formula is C14H11F3N4OS. The molecule has 0 radical (unpaired) electrons. The third-order valence-corrected chi connectivity index (χ3v) is 4.03. The number of thioether (sulfide) groups is 1. The second-order valence-electron chi connectivity index (χ2n) is 4.62. The summed E-state index contributed by atoms with van der Waals surface area (Å²) in [5, 5.41) is 17.2. The summed E-state index contributed by atoms with van der Waals surface area (Å²) < 4.78 is 40.2. The van der Waals surface area contributed by atoms with Crippen LogP contribution >= 0.6 is 11.8 Å². The number of fused-ring (bicyclic) bond motifs is 1. The summed E-state index contributed by atoms with van der Waals surface area (Å²) in [6.07, 6.45) is -3.40. The van der Waals surface area contributed by atoms with Crippen molar-refractivity contribution < 1.29 is 18.3 Å². The van der Waals surface area contributed by atoms with Gasteiger partial charge in [-0.1, -0.05) is 6.92 Å². The molecule has 0 aliphatic carbocycles. The average molecular weight is 340 g/mol. The minimum Gasteiger partial charge on any atom is -0.492 e. The first kappa shape index (κ1) is 15.6. The van der Waals surface area contributed by atoms with Gasteiger partial charge in [-0.2, -0.15) is 13.2 Å². The fourth-order valence-electron chi connectivity index (χ4n) is 2.08. The van der Waals surface area contributed by atoms with Gasteiger partial charge in [0.15, 0.2) is 0 Å². The maximum absolute atomic E-state index is 12.9. The van der Waals surface area contributed by atoms with Gasteiger partial charge in [0.05, 0.1) is 5.56 Å². The second kappa shape index (κ2) is 5.73. The molecule has 120 valence electrons. The number of imidazole rings is 1. The minimum atomic E-state index is -4.43. The van der Waals surface area contributed by atoms with E-state index in [1.165, 1.54) is 34.4 Å². The third kappa shape index (κ3) is 2.96. The summed E-state index contributed by atoms with van der Waals surface area (Å²) in [7, 11) is 0. The predicted octanol–water partition coefficient (Wildman–Crippen LogP) is 3.63. The molecule has 3 heterocycles. The first-order valence-electron chi connectivity index (χ1n) is 6.65. The fraction of sp³-hybridized carbons (Fsp3) is 0.214. The van der Waals surface area contributed by atoms with Crippen molar-refractivity contribution in [2.24, 2.45) is 0 Å². The van der Waals surface area contributed by atoms with E-state index in [-0.39, 0.29) is 5.88 Å². The highest BCUT2D eigenvalue weighted by Gasteiger charge is 2.31. The molecule has 9 heteroatoms. The van der Waals surface area contributed by atoms with Crippen LogP contribution in [0.25, 0.3) is 17.0 Å². The lowest BCUT2D eigenvalue weighted by Gasteiger charge is -2.08. The maximum atomic E-state index is 12.9. The molecule has 5 nitrogen and oxygen atoms in total. The average Bonchev–Trinajstić information content (AvgIpc) is 2.86. The number of hydrogen-bond donors (Lipinski definition) is 1. The summed E-state index contributed by atoms with van der Waals surface area (Å²) in [6, 6.07) is 5.19. The van der Waals surface area contributed by atoms with Crippen LogP contribution in [-0.4, -0.2) is 30.4 Å². The molecule has 0 spiro atoms. The number of pyridine rings is 1. The number of nitrogens with zero attached hydrogens (tertiary/aromatic N) is 4. The molecule has 0 saturated heterocycles. The monoisotopic (exact) mass is 340 g/mol. The van der Waals surface area contributed by atoms with Gasteiger partial charge in [0.25, 0.3) is 0 Å². The standard InChI is InChI=1S/C14H11F3N4OS/c1-2-23-13-12(9-4-6-11(22)20-19-9)18-10-5-3-8(7-21(10)13)14(15,16)17/h3-7H,2H2,1H3,(H,20,22). The van der Waals surface area contributed by atoms with Crippen LogP contribution in [0.4, 0.5) is 13.2 Å². The second-order valence-corrected chi connectivity index (χ2v) is 5.87. The van der Waals surface area contributed by atoms with Gasteiger partial charge in [0.2, 0.25) is 5.88 Å². The summed E-state index contributed by atoms with van der Waals surface area (Å²) in [4.78, 5) is 4.35. The van der Waals surface area contributed by atoms with E-state index in [0.717, 1.165) is 12.3 Å². The number of halogens is 3. The van der Waals surface area contributed by atoms with Crippen LogP contribution in [-0.2, 0) is 6.18 Å². The fourth-order valence-corrected chi connectivity index (χ4v) is 2.93. The lowest BCUT2D eigenvalue weighted by molar-refractivity contribution is -0.137. The first-order chi connectivity index (χ1) is 10.9. The third-order valence-electron chi connectivity index (χ3n) is 3.08. The Balaban J connectivity index is 2.22. The molecule has 3 aromatic rings. The van der Waals surface area contributed by atoms with E-state index in [1.807, 2.05) is 6.92 Å². The lowest BCUT2D eigenvalue weighted by atomic mass is 10.3. The van der Waals surface area contributed by atoms with Crippen LogP contribution in [0, 0.1) is 0 Å². The Labute approximate surface area is 133 Å². The SMILES string of the molecule is CCSc1c(-c2ccc(O)nn2)nc2ccc(C(F)(F)F)cn12. The van der Waals surface area contributed by atoms with Gasteiger partial charge in [0.1, 0.15) is 22.1 Å². The molecule has 23 heavy (non-hydrogen) atoms. The Hall–Kier alpha value is -2.29. The lowest BCUT2D eigenvalue weighted by Crippen LogP contribution is -2.06. The van der Waals surface area contributed by atoms with Crippen LogP contribution in [0.15, 0.2) is 35.5 Å². The van der Waals surface area contributed by atoms with Gasteiger partial charge >= 0.3 is 6.18 Å². The van der Waals surface area contributed by atoms with Crippen molar-refractivity contribution in [1.82, 2.24) is 19.6 Å². The molecule has 0 atom stereocenters. The predicted molar refractivity (Wildman–Crippen MR) is 79.3 cm³/mol. The topological polar surface area (TPSA) is 63.3 Å². The zero-order valence-electron chi connectivity index (χ0n) is 11.9. The first-order valence-corrected chi connectivity index (χ1v) is 7.64. The molecule has 1 N–H and O–H groups in total. The van der Waals surface area contributed by atoms with Gasteiger partial charge in [-0.3, -0.25) is 4.40 Å². The smallest absolute Gasteiger partial charge is 0.417 e. The number of rotatable bonds is 3. The van der Waals surface area contributed by atoms with E-state index in [0.29, 0.717) is 27.8 Å². The molecule has 0 saturated carbocycles. The van der Waals surface area contributed by atoms with Gasteiger partial charge in [0, 0.05) is 12.3 Å². The summed E-state index contributed by atoms with van der Waals surface area (Å²) >= 11 is 1.36. The minimum absolute atomic E-state index is 0.235. The molecule has 0 unspecified atom stereocenters. The molecule has 3 rings (SSSR count). The Morgan fingerprint density at radius 3 is 2.57 bits per heavy atom. The van der Waals surface area contributed by atoms with E-state index in [1.54, 1.807) is 0 Å². The van der Waals surface area contributed by atoms with E-state index in [9.17, 15) is 18.3 Å². The normalized spacial score (nSPS) is 12.0. The Morgan fingerprint density at radius 1 is 1.17 bits per heavy atom. The number of aromatic nitrogens is 4. The molecule has 0 bridgehead atoms. The highest BCUT2D eigenvalue weighted by Crippen LogP contribution is 2.34. The number of alkyl halides is 3. The van der Waals surface area contributed by atoms with Crippen molar-refractivity contribution in [2.75, 3.05) is 5.75 Å². The van der Waals surface area contributed by atoms with E-state index in [2.05, 4.69) is 15.2 Å². The van der Waals surface area contributed by atoms with Gasteiger partial charge in [-0.15, -0.1) is 22.0 Å². The van der Waals surface area contributed by atoms with E-state index >= 15 is 0 Å². The Morgan fingerprint density at radius 2 is 1.96 bits per heavy atom. The molecule has 0 aromatic carbocycles. The summed E-state index contributed by atoms with van der Waals surface area (Å²) in [6.45, 7) is 1.89. The van der Waals surface area contributed by atoms with Crippen molar-refractivity contribution in [3.05, 3.63) is 36.0 Å². The maximum Gasteiger partial charge on any atom is 0.417 e. The van der Waals surface area contributed by atoms with Crippen LogP contribution in [0.5, 0.6) is 5.88 Å². The zero-order valence-corrected chi connectivity index (χ0v) is 12.7. The van der Waals surface area contributed by atoms with Gasteiger partial charge < -0.3 is 5.11 Å². The van der Waals surface area contributed by atoms with Crippen molar-refractivity contribution in [2.45, 2.75) is 18.1 Å². The van der Waals surface area contributed by atoms with Gasteiger partial charge in [-0.25, -0.2) is 4.98 Å². The van der Waals surface area contributed by atoms with Crippen LogP contribution in [0.1, 0.15) is 12.5 Å². The zero-order chi connectivity index (χ0) is 16.6. The van der Waals surface area contributed by atoms with Crippen LogP contribution in [0.3, 0.4) is 0 Å². The highest BCUT2D eigenvalue weighted by atomic mass is 32.2. The molecule has 0 amide bonds. The van der Waals surface area contributed by atoms with Crippen molar-refractivity contribution >= 4 is 17.4 Å². The molecule has 3 aromatic heterocycles. The Kier molecular flexibility index (Phi) is 3.88. The van der Waals surface area contributed by atoms with Crippen molar-refractivity contribution in [3.8, 4) is 17.3 Å². The quantitative estimate of drug-likeness (QED) is 0.738. The highest BCUT2D eigenvalue weighted by molar-refractivity contribution is 7.99. The van der Waals surface area contributed by atoms with E-state index < -0.39 is 11.7 Å². The summed E-state index contributed by atoms with van der Waals surface area (Å²) in [5.41, 5.74) is 0.460. The van der Waals surface area contributed by atoms with Crippen molar-refractivity contribution in [3.63, 3.8) is 0 Å². The van der Waals surface area contributed by atoms with Crippen LogP contribution in [0.2, 0.25) is 0 Å². The Bertz CT molecular complexity index is 846. The van der Waals surface area contributed by atoms with Gasteiger partial charge in [-0.05, 0) is 24.0 Å². The number of aromatic hydroxyl groups is 1. The molecule has 0 aliphatic heterocycles. The summed E-state index contributed by atoms with van der Waals surface area (Å²) in [5.74, 6) is 0.421. The van der Waals surface area contributed by atoms with Crippen LogP contribution < -0.4 is 0 Å².